The number of carbonyl (C=O) groups excluding carboxylic acids is 2. The summed E-state index contributed by atoms with van der Waals surface area (Å²) in [6.07, 6.45) is 10.1. The fourth-order valence-electron chi connectivity index (χ4n) is 4.80. The molecule has 31 heavy (non-hydrogen) atoms. The molecular weight excluding hydrogens is 393 g/mol. The molecule has 164 valence electrons. The Balaban J connectivity index is 1.43. The number of rotatable bonds is 7. The van der Waals surface area contributed by atoms with Crippen LogP contribution in [0.2, 0.25) is 0 Å². The normalized spacial score (nSPS) is 17.9. The molecule has 0 radical (unpaired) electrons. The van der Waals surface area contributed by atoms with E-state index in [9.17, 15) is 9.59 Å². The maximum atomic E-state index is 15.1. The molecule has 2 amide bonds. The number of benzene rings is 1. The number of nitrogens with zero attached hydrogens (tertiary/aromatic N) is 2. The number of primary amides is 1. The first kappa shape index (κ1) is 21.5. The smallest absolute Gasteiger partial charge is 0.267 e. The number of carbonyl (C=O) groups is 2. The maximum Gasteiger partial charge on any atom is 0.267 e. The van der Waals surface area contributed by atoms with Gasteiger partial charge in [0.2, 0.25) is 5.91 Å². The minimum absolute atomic E-state index is 0.0756. The van der Waals surface area contributed by atoms with E-state index in [0.29, 0.717) is 18.4 Å². The average molecular weight is 424 g/mol. The van der Waals surface area contributed by atoms with E-state index < -0.39 is 11.3 Å². The lowest BCUT2D eigenvalue weighted by molar-refractivity contribution is -0.135. The van der Waals surface area contributed by atoms with Crippen molar-refractivity contribution in [1.29, 1.82) is 0 Å². The Bertz CT molecular complexity index is 963. The highest BCUT2D eigenvalue weighted by atomic mass is 19.1. The van der Waals surface area contributed by atoms with Crippen LogP contribution < -0.4 is 5.73 Å². The van der Waals surface area contributed by atoms with Gasteiger partial charge in [0.1, 0.15) is 11.5 Å². The van der Waals surface area contributed by atoms with Crippen LogP contribution in [-0.2, 0) is 23.1 Å². The summed E-state index contributed by atoms with van der Waals surface area (Å²) in [7, 11) is 1.89. The maximum absolute atomic E-state index is 15.1. The first-order valence-corrected chi connectivity index (χ1v) is 11.2. The van der Waals surface area contributed by atoms with Crippen LogP contribution >= 0.6 is 0 Å². The van der Waals surface area contributed by atoms with Gasteiger partial charge in [0, 0.05) is 24.8 Å². The fraction of sp³-hybridized carbons (Fsp3) is 0.480. The average Bonchev–Trinajstić information content (AvgIpc) is 3.59. The fourth-order valence-corrected chi connectivity index (χ4v) is 4.80. The summed E-state index contributed by atoms with van der Waals surface area (Å²) in [6, 6.07) is 9.00. The Morgan fingerprint density at radius 3 is 2.35 bits per heavy atom. The molecule has 4 rings (SSSR count). The molecule has 2 aliphatic rings. The monoisotopic (exact) mass is 423 g/mol. The number of pyridine rings is 1. The van der Waals surface area contributed by atoms with Crippen molar-refractivity contribution in [3.63, 3.8) is 0 Å². The van der Waals surface area contributed by atoms with E-state index in [1.165, 1.54) is 19.3 Å². The third kappa shape index (κ3) is 4.48. The van der Waals surface area contributed by atoms with Gasteiger partial charge in [-0.25, -0.2) is 4.39 Å². The van der Waals surface area contributed by atoms with Crippen LogP contribution in [0.5, 0.6) is 0 Å². The molecule has 2 fully saturated rings. The molecule has 2 aromatic rings. The van der Waals surface area contributed by atoms with Crippen LogP contribution in [0.3, 0.4) is 0 Å². The van der Waals surface area contributed by atoms with Gasteiger partial charge >= 0.3 is 0 Å². The van der Waals surface area contributed by atoms with Crippen molar-refractivity contribution >= 4 is 11.8 Å². The van der Waals surface area contributed by atoms with E-state index in [0.717, 1.165) is 36.8 Å². The molecule has 6 heteroatoms. The summed E-state index contributed by atoms with van der Waals surface area (Å²) < 4.78 is 15.1. The molecule has 0 atom stereocenters. The van der Waals surface area contributed by atoms with Crippen molar-refractivity contribution in [1.82, 2.24) is 9.88 Å². The SMILES string of the molecule is CN(C(=O)C1(c2ccc(CCc3ccc(C(N)=O)nc3)cc2F)CC1)C1CCCCC1. The van der Waals surface area contributed by atoms with Gasteiger partial charge < -0.3 is 10.6 Å². The van der Waals surface area contributed by atoms with Crippen LogP contribution in [0.1, 0.15) is 72.1 Å². The minimum Gasteiger partial charge on any atom is -0.364 e. The number of hydrogen-bond donors (Lipinski definition) is 1. The molecule has 0 aliphatic heterocycles. The topological polar surface area (TPSA) is 76.3 Å². The van der Waals surface area contributed by atoms with Gasteiger partial charge in [0.15, 0.2) is 0 Å². The highest BCUT2D eigenvalue weighted by Gasteiger charge is 2.54. The van der Waals surface area contributed by atoms with Crippen molar-refractivity contribution in [2.75, 3.05) is 7.05 Å². The van der Waals surface area contributed by atoms with E-state index >= 15 is 4.39 Å². The number of aromatic nitrogens is 1. The van der Waals surface area contributed by atoms with E-state index in [1.54, 1.807) is 24.4 Å². The Morgan fingerprint density at radius 1 is 1.10 bits per heavy atom. The van der Waals surface area contributed by atoms with Crippen LogP contribution in [0.15, 0.2) is 36.5 Å². The molecule has 2 N–H and O–H groups in total. The second kappa shape index (κ2) is 8.77. The first-order chi connectivity index (χ1) is 14.9. The van der Waals surface area contributed by atoms with Gasteiger partial charge in [-0.3, -0.25) is 14.6 Å². The molecule has 5 nitrogen and oxygen atoms in total. The second-order valence-electron chi connectivity index (χ2n) is 9.02. The van der Waals surface area contributed by atoms with Crippen molar-refractivity contribution in [2.24, 2.45) is 5.73 Å². The third-order valence-electron chi connectivity index (χ3n) is 6.93. The van der Waals surface area contributed by atoms with Gasteiger partial charge in [0.25, 0.3) is 5.91 Å². The zero-order valence-electron chi connectivity index (χ0n) is 18.1. The predicted octanol–water partition coefficient (Wildman–Crippen LogP) is 3.93. The van der Waals surface area contributed by atoms with E-state index in [-0.39, 0.29) is 23.5 Å². The van der Waals surface area contributed by atoms with Gasteiger partial charge in [-0.1, -0.05) is 37.5 Å². The number of likely N-dealkylation sites (N-methyl/N-ethyl adjacent to an activating group) is 1. The van der Waals surface area contributed by atoms with Crippen molar-refractivity contribution < 1.29 is 14.0 Å². The molecule has 0 unspecified atom stereocenters. The van der Waals surface area contributed by atoms with Gasteiger partial charge in [-0.05, 0) is 61.8 Å². The summed E-state index contributed by atoms with van der Waals surface area (Å²) in [5, 5.41) is 0. The zero-order valence-corrected chi connectivity index (χ0v) is 18.1. The predicted molar refractivity (Wildman–Crippen MR) is 117 cm³/mol. The molecule has 1 aromatic carbocycles. The molecular formula is C25H30FN3O2. The van der Waals surface area contributed by atoms with Crippen molar-refractivity contribution in [3.8, 4) is 0 Å². The molecule has 2 aliphatic carbocycles. The number of nitrogens with two attached hydrogens (primary N) is 1. The van der Waals surface area contributed by atoms with Crippen molar-refractivity contribution in [2.45, 2.75) is 69.2 Å². The molecule has 0 spiro atoms. The molecule has 2 saturated carbocycles. The Labute approximate surface area is 182 Å². The molecule has 0 saturated heterocycles. The van der Waals surface area contributed by atoms with Crippen LogP contribution in [0.4, 0.5) is 4.39 Å². The quantitative estimate of drug-likeness (QED) is 0.733. The summed E-state index contributed by atoms with van der Waals surface area (Å²) in [4.78, 5) is 30.3. The number of aryl methyl sites for hydroxylation is 2. The highest BCUT2D eigenvalue weighted by Crippen LogP contribution is 2.51. The van der Waals surface area contributed by atoms with Crippen LogP contribution in [0, 0.1) is 5.82 Å². The Kier molecular flexibility index (Phi) is 6.08. The number of amides is 2. The Hall–Kier alpha value is -2.76. The lowest BCUT2D eigenvalue weighted by atomic mass is 9.89. The molecule has 1 aromatic heterocycles. The number of halogens is 1. The summed E-state index contributed by atoms with van der Waals surface area (Å²) in [5.74, 6) is -0.767. The molecule has 0 bridgehead atoms. The van der Waals surface area contributed by atoms with Gasteiger partial charge in [-0.2, -0.15) is 0 Å². The standard InChI is InChI=1S/C25H30FN3O2/c1-29(19-5-3-2-4-6-19)24(31)25(13-14-25)20-11-9-17(15-21(20)26)7-8-18-10-12-22(23(27)30)28-16-18/h9-12,15-16,19H,2-8,13-14H2,1H3,(H2,27,30). The van der Waals surface area contributed by atoms with Crippen molar-refractivity contribution in [3.05, 3.63) is 64.7 Å². The lowest BCUT2D eigenvalue weighted by Crippen LogP contribution is -2.44. The summed E-state index contributed by atoms with van der Waals surface area (Å²) >= 11 is 0. The number of hydrogen-bond acceptors (Lipinski definition) is 3. The zero-order chi connectivity index (χ0) is 22.0. The van der Waals surface area contributed by atoms with E-state index in [2.05, 4.69) is 4.98 Å². The minimum atomic E-state index is -0.677. The summed E-state index contributed by atoms with van der Waals surface area (Å²) in [5.41, 5.74) is 7.14. The van der Waals surface area contributed by atoms with Crippen LogP contribution in [-0.4, -0.2) is 34.8 Å². The van der Waals surface area contributed by atoms with Gasteiger partial charge in [-0.15, -0.1) is 0 Å². The summed E-state index contributed by atoms with van der Waals surface area (Å²) in [6.45, 7) is 0. The molecule has 1 heterocycles. The third-order valence-corrected chi connectivity index (χ3v) is 6.93. The second-order valence-corrected chi connectivity index (χ2v) is 9.02. The van der Waals surface area contributed by atoms with Crippen LogP contribution in [0.25, 0.3) is 0 Å². The van der Waals surface area contributed by atoms with Gasteiger partial charge in [0.05, 0.1) is 5.41 Å². The van der Waals surface area contributed by atoms with E-state index in [4.69, 9.17) is 5.73 Å². The van der Waals surface area contributed by atoms with E-state index in [1.807, 2.05) is 24.1 Å². The first-order valence-electron chi connectivity index (χ1n) is 11.2. The Morgan fingerprint density at radius 2 is 1.77 bits per heavy atom. The highest BCUT2D eigenvalue weighted by molar-refractivity contribution is 5.91. The lowest BCUT2D eigenvalue weighted by Gasteiger charge is -2.34. The largest absolute Gasteiger partial charge is 0.364 e.